The van der Waals surface area contributed by atoms with E-state index in [0.29, 0.717) is 12.1 Å². The molecule has 0 bridgehead atoms. The van der Waals surface area contributed by atoms with Gasteiger partial charge in [0, 0.05) is 5.69 Å². The van der Waals surface area contributed by atoms with E-state index in [1.54, 1.807) is 6.07 Å². The van der Waals surface area contributed by atoms with E-state index >= 15 is 0 Å². The van der Waals surface area contributed by atoms with Crippen LogP contribution in [0.25, 0.3) is 0 Å². The third-order valence-electron chi connectivity index (χ3n) is 4.69. The molecule has 0 atom stereocenters. The lowest BCUT2D eigenvalue weighted by molar-refractivity contribution is -0.120. The van der Waals surface area contributed by atoms with Gasteiger partial charge in [0.05, 0.1) is 17.7 Å². The number of hydrogen-bond acceptors (Lipinski definition) is 6. The number of benzene rings is 3. The van der Waals surface area contributed by atoms with Gasteiger partial charge >= 0.3 is 5.97 Å². The summed E-state index contributed by atoms with van der Waals surface area (Å²) in [5.41, 5.74) is 7.78. The fourth-order valence-corrected chi connectivity index (χ4v) is 3.40. The van der Waals surface area contributed by atoms with E-state index in [1.807, 2.05) is 48.5 Å². The van der Waals surface area contributed by atoms with Gasteiger partial charge in [-0.3, -0.25) is 9.59 Å². The van der Waals surface area contributed by atoms with Crippen LogP contribution in [0, 0.1) is 0 Å². The molecule has 0 heterocycles. The molecule has 0 aliphatic heterocycles. The van der Waals surface area contributed by atoms with Crippen LogP contribution in [-0.4, -0.2) is 38.1 Å². The molecular formula is C25H23ClN2O6. The van der Waals surface area contributed by atoms with Crippen LogP contribution in [0.4, 0.5) is 5.69 Å². The molecule has 0 aromatic heterocycles. The Kier molecular flexibility index (Phi) is 8.48. The summed E-state index contributed by atoms with van der Waals surface area (Å²) in [5, 5.41) is 2.80. The number of carbonyl (C=O) groups excluding carboxylic acids is 3. The second kappa shape index (κ2) is 11.7. The molecular weight excluding hydrogens is 460 g/mol. The van der Waals surface area contributed by atoms with Gasteiger partial charge in [0.2, 0.25) is 0 Å². The molecule has 0 aliphatic carbocycles. The summed E-state index contributed by atoms with van der Waals surface area (Å²) in [6, 6.07) is 19.9. The van der Waals surface area contributed by atoms with Crippen LogP contribution in [-0.2, 0) is 20.7 Å². The van der Waals surface area contributed by atoms with Gasteiger partial charge in [0.25, 0.3) is 11.8 Å². The highest BCUT2D eigenvalue weighted by Crippen LogP contribution is 2.36. The number of nitrogens with one attached hydrogen (secondary N) is 1. The van der Waals surface area contributed by atoms with Crippen LogP contribution < -0.4 is 20.5 Å². The molecule has 3 aromatic carbocycles. The maximum absolute atomic E-state index is 12.5. The van der Waals surface area contributed by atoms with Gasteiger partial charge in [-0.05, 0) is 35.7 Å². The van der Waals surface area contributed by atoms with Gasteiger partial charge in [0.1, 0.15) is 0 Å². The minimum atomic E-state index is -0.783. The number of para-hydroxylation sites is 1. The number of anilines is 1. The Balaban J connectivity index is 1.63. The molecule has 3 rings (SSSR count). The lowest BCUT2D eigenvalue weighted by Gasteiger charge is -2.14. The van der Waals surface area contributed by atoms with E-state index < -0.39 is 31.0 Å². The summed E-state index contributed by atoms with van der Waals surface area (Å²) in [5.74, 6) is -1.80. The van der Waals surface area contributed by atoms with E-state index in [4.69, 9.17) is 31.5 Å². The zero-order chi connectivity index (χ0) is 24.5. The Labute approximate surface area is 201 Å². The van der Waals surface area contributed by atoms with Crippen molar-refractivity contribution in [2.24, 2.45) is 5.73 Å². The van der Waals surface area contributed by atoms with Crippen LogP contribution in [0.5, 0.6) is 11.5 Å². The minimum absolute atomic E-state index is 0.0202. The summed E-state index contributed by atoms with van der Waals surface area (Å²) >= 11 is 6.15. The van der Waals surface area contributed by atoms with Crippen molar-refractivity contribution in [3.63, 3.8) is 0 Å². The largest absolute Gasteiger partial charge is 0.493 e. The molecule has 2 amide bonds. The second-order valence-electron chi connectivity index (χ2n) is 7.19. The molecule has 8 nitrogen and oxygen atoms in total. The molecule has 3 aromatic rings. The van der Waals surface area contributed by atoms with Crippen molar-refractivity contribution in [1.82, 2.24) is 0 Å². The quantitative estimate of drug-likeness (QED) is 0.426. The van der Waals surface area contributed by atoms with Crippen LogP contribution in [0.2, 0.25) is 5.02 Å². The molecule has 0 saturated heterocycles. The Morgan fingerprint density at radius 3 is 2.38 bits per heavy atom. The summed E-state index contributed by atoms with van der Waals surface area (Å²) in [7, 11) is 1.35. The number of methoxy groups -OCH3 is 1. The first-order chi connectivity index (χ1) is 16.4. The smallest absolute Gasteiger partial charge is 0.338 e. The predicted octanol–water partition coefficient (Wildman–Crippen LogP) is 3.60. The monoisotopic (exact) mass is 482 g/mol. The minimum Gasteiger partial charge on any atom is -0.493 e. The fourth-order valence-electron chi connectivity index (χ4n) is 3.13. The molecule has 0 spiro atoms. The van der Waals surface area contributed by atoms with Crippen LogP contribution in [0.1, 0.15) is 21.5 Å². The summed E-state index contributed by atoms with van der Waals surface area (Å²) in [4.78, 5) is 35.9. The summed E-state index contributed by atoms with van der Waals surface area (Å²) in [6.45, 7) is -0.913. The Morgan fingerprint density at radius 1 is 0.971 bits per heavy atom. The number of primary amides is 1. The van der Waals surface area contributed by atoms with Gasteiger partial charge < -0.3 is 25.3 Å². The number of carbonyl (C=O) groups is 3. The Bertz CT molecular complexity index is 1180. The molecule has 0 aliphatic rings. The first kappa shape index (κ1) is 24.6. The molecule has 176 valence electrons. The Hall–Kier alpha value is -4.04. The van der Waals surface area contributed by atoms with Gasteiger partial charge in [-0.1, -0.05) is 60.1 Å². The molecule has 0 saturated carbocycles. The summed E-state index contributed by atoms with van der Waals surface area (Å²) < 4.78 is 15.5. The number of ether oxygens (including phenoxy) is 3. The van der Waals surface area contributed by atoms with E-state index in [0.717, 1.165) is 11.1 Å². The van der Waals surface area contributed by atoms with Crippen molar-refractivity contribution in [1.29, 1.82) is 0 Å². The third kappa shape index (κ3) is 6.73. The maximum atomic E-state index is 12.5. The second-order valence-corrected chi connectivity index (χ2v) is 7.60. The normalized spacial score (nSPS) is 10.3. The van der Waals surface area contributed by atoms with Crippen molar-refractivity contribution in [3.8, 4) is 11.5 Å². The molecule has 0 fully saturated rings. The highest BCUT2D eigenvalue weighted by molar-refractivity contribution is 6.32. The van der Waals surface area contributed by atoms with Crippen molar-refractivity contribution in [2.45, 2.75) is 6.42 Å². The predicted molar refractivity (Wildman–Crippen MR) is 127 cm³/mol. The van der Waals surface area contributed by atoms with Gasteiger partial charge in [-0.2, -0.15) is 0 Å². The average molecular weight is 483 g/mol. The number of amides is 2. The lowest BCUT2D eigenvalue weighted by Crippen LogP contribution is -2.22. The van der Waals surface area contributed by atoms with Crippen molar-refractivity contribution in [3.05, 3.63) is 88.4 Å². The highest BCUT2D eigenvalue weighted by atomic mass is 35.5. The zero-order valence-corrected chi connectivity index (χ0v) is 19.1. The van der Waals surface area contributed by atoms with Crippen LogP contribution >= 0.6 is 11.6 Å². The number of nitrogens with two attached hydrogens (primary N) is 1. The number of hydrogen-bond donors (Lipinski definition) is 2. The fraction of sp³-hybridized carbons (Fsp3) is 0.160. The SMILES string of the molecule is COc1cc(C(=O)OCC(=O)Nc2ccccc2Cc2ccccc2)cc(Cl)c1OCC(N)=O. The van der Waals surface area contributed by atoms with Crippen molar-refractivity contribution in [2.75, 3.05) is 25.6 Å². The van der Waals surface area contributed by atoms with E-state index in [9.17, 15) is 14.4 Å². The van der Waals surface area contributed by atoms with E-state index in [1.165, 1.54) is 19.2 Å². The third-order valence-corrected chi connectivity index (χ3v) is 4.97. The van der Waals surface area contributed by atoms with Crippen molar-refractivity contribution >= 4 is 35.1 Å². The average Bonchev–Trinajstić information content (AvgIpc) is 2.83. The highest BCUT2D eigenvalue weighted by Gasteiger charge is 2.18. The topological polar surface area (TPSA) is 117 Å². The van der Waals surface area contributed by atoms with Crippen LogP contribution in [0.15, 0.2) is 66.7 Å². The van der Waals surface area contributed by atoms with Crippen LogP contribution in [0.3, 0.4) is 0 Å². The zero-order valence-electron chi connectivity index (χ0n) is 18.4. The number of esters is 1. The number of halogens is 1. The number of rotatable bonds is 10. The first-order valence-electron chi connectivity index (χ1n) is 10.2. The van der Waals surface area contributed by atoms with E-state index in [-0.39, 0.29) is 22.1 Å². The molecule has 9 heteroatoms. The van der Waals surface area contributed by atoms with Gasteiger partial charge in [0.15, 0.2) is 24.7 Å². The molecule has 3 N–H and O–H groups in total. The maximum Gasteiger partial charge on any atom is 0.338 e. The van der Waals surface area contributed by atoms with Gasteiger partial charge in [-0.15, -0.1) is 0 Å². The molecule has 0 unspecified atom stereocenters. The van der Waals surface area contributed by atoms with Gasteiger partial charge in [-0.25, -0.2) is 4.79 Å². The summed E-state index contributed by atoms with van der Waals surface area (Å²) in [6.07, 6.45) is 0.638. The molecule has 0 radical (unpaired) electrons. The lowest BCUT2D eigenvalue weighted by atomic mass is 10.0. The molecule has 34 heavy (non-hydrogen) atoms. The first-order valence-corrected chi connectivity index (χ1v) is 10.6. The standard InChI is InChI=1S/C25H23ClN2O6/c1-32-21-13-18(12-19(26)24(21)33-14-22(27)29)25(31)34-15-23(30)28-20-10-6-5-9-17(20)11-16-7-3-2-4-8-16/h2-10,12-13H,11,14-15H2,1H3,(H2,27,29)(H,28,30). The van der Waals surface area contributed by atoms with E-state index in [2.05, 4.69) is 5.32 Å². The Morgan fingerprint density at radius 2 is 1.68 bits per heavy atom. The van der Waals surface area contributed by atoms with Crippen molar-refractivity contribution < 1.29 is 28.6 Å².